The van der Waals surface area contributed by atoms with Crippen molar-refractivity contribution in [3.63, 3.8) is 0 Å². The van der Waals surface area contributed by atoms with Gasteiger partial charge >= 0.3 is 29.3 Å². The Kier molecular flexibility index (Phi) is 17.0. The average Bonchev–Trinajstić information content (AvgIpc) is 4.03. The van der Waals surface area contributed by atoms with E-state index in [4.69, 9.17) is 44.6 Å². The molecule has 8 atom stereocenters. The lowest BCUT2D eigenvalue weighted by molar-refractivity contribution is -0.0570. The van der Waals surface area contributed by atoms with Crippen LogP contribution in [0.3, 0.4) is 0 Å². The third kappa shape index (κ3) is 11.2. The van der Waals surface area contributed by atoms with Crippen molar-refractivity contribution in [1.29, 1.82) is 0 Å². The number of esters is 2. The molecule has 8 rings (SSSR count). The second-order valence-electron chi connectivity index (χ2n) is 15.2. The minimum atomic E-state index is -3.14. The van der Waals surface area contributed by atoms with E-state index in [2.05, 4.69) is 19.9 Å². The zero-order valence-electron chi connectivity index (χ0n) is 37.3. The highest BCUT2D eigenvalue weighted by atomic mass is 32.1. The summed E-state index contributed by atoms with van der Waals surface area (Å²) in [4.78, 5) is 86.9. The molecule has 2 aromatic carbocycles. The molecule has 0 saturated carbocycles. The normalized spacial score (nSPS) is 22.3. The van der Waals surface area contributed by atoms with Gasteiger partial charge in [0.05, 0.1) is 43.2 Å². The minimum absolute atomic E-state index is 0.0396. The van der Waals surface area contributed by atoms with Gasteiger partial charge in [-0.15, -0.1) is 0 Å². The number of aromatic nitrogens is 6. The van der Waals surface area contributed by atoms with Crippen molar-refractivity contribution in [3.05, 3.63) is 112 Å². The number of aliphatic hydroxyl groups excluding tert-OH is 2. The van der Waals surface area contributed by atoms with Crippen molar-refractivity contribution in [2.24, 2.45) is 11.8 Å². The molecule has 26 heteroatoms. The Hall–Kier alpha value is -5.89. The zero-order valence-corrected chi connectivity index (χ0v) is 39.9. The number of anilines is 2. The first-order chi connectivity index (χ1) is 32.5. The smallest absolute Gasteiger partial charge is 0.355 e. The quantitative estimate of drug-likeness (QED) is 0.0711. The second-order valence-corrected chi connectivity index (χ2v) is 19.1. The molecule has 4 aromatic heterocycles. The number of H-pyrrole nitrogens is 2. The molecular weight excluding hydrogens is 952 g/mol. The van der Waals surface area contributed by atoms with Gasteiger partial charge in [0.1, 0.15) is 15.7 Å². The van der Waals surface area contributed by atoms with E-state index in [0.29, 0.717) is 28.9 Å². The summed E-state index contributed by atoms with van der Waals surface area (Å²) in [5.74, 6) is -1.95. The second kappa shape index (κ2) is 22.5. The molecule has 0 unspecified atom stereocenters. The van der Waals surface area contributed by atoms with Gasteiger partial charge in [0, 0.05) is 11.8 Å². The first-order valence-corrected chi connectivity index (χ1v) is 24.6. The van der Waals surface area contributed by atoms with Gasteiger partial charge in [-0.2, -0.15) is 9.97 Å². The molecule has 6 heterocycles. The molecule has 2 aliphatic heterocycles. The summed E-state index contributed by atoms with van der Waals surface area (Å²) in [5.41, 5.74) is 11.2. The lowest BCUT2D eigenvalue weighted by atomic mass is 9.98. The van der Waals surface area contributed by atoms with E-state index in [0.717, 1.165) is 15.9 Å². The molecular formula is C42H51N8O15PS2. The molecule has 0 spiro atoms. The SMILES string of the molecule is CCOP(=O)(CO)OCC.CC[C@H]1O[C@@H](n2c(=O)sc3c(=O)[nH]c(N)nc32)[C@H](OC(=O)c2ccccc2)[C@@H]1C.C[C@H]1[C@@H](OC(=O)c2ccccc2)[C@H](n2c(=O)sc3c(=O)[nH]c(N)nc32)O[C@@H]1CO. The van der Waals surface area contributed by atoms with E-state index in [-0.39, 0.29) is 64.4 Å². The average molecular weight is 1000 g/mol. The molecule has 6 aromatic rings. The van der Waals surface area contributed by atoms with E-state index in [1.165, 1.54) is 4.57 Å². The molecule has 0 bridgehead atoms. The van der Waals surface area contributed by atoms with Gasteiger partial charge in [0.15, 0.2) is 36.0 Å². The first-order valence-electron chi connectivity index (χ1n) is 21.2. The molecule has 0 aliphatic carbocycles. The van der Waals surface area contributed by atoms with E-state index in [1.807, 2.05) is 13.8 Å². The van der Waals surface area contributed by atoms with Crippen LogP contribution in [0.1, 0.15) is 74.2 Å². The lowest BCUT2D eigenvalue weighted by Crippen LogP contribution is -2.33. The molecule has 2 fully saturated rings. The van der Waals surface area contributed by atoms with Gasteiger partial charge in [-0.05, 0) is 44.5 Å². The van der Waals surface area contributed by atoms with Crippen molar-refractivity contribution in [2.45, 2.75) is 77.9 Å². The maximum Gasteiger partial charge on any atom is 0.355 e. The van der Waals surface area contributed by atoms with E-state index >= 15 is 0 Å². The summed E-state index contributed by atoms with van der Waals surface area (Å²) >= 11 is 1.44. The Labute approximate surface area is 394 Å². The van der Waals surface area contributed by atoms with Crippen LogP contribution in [-0.2, 0) is 32.6 Å². The number of fused-ring (bicyclic) bond motifs is 2. The summed E-state index contributed by atoms with van der Waals surface area (Å²) in [6, 6.07) is 17.0. The first kappa shape index (κ1) is 51.5. The van der Waals surface area contributed by atoms with Crippen molar-refractivity contribution in [3.8, 4) is 0 Å². The minimum Gasteiger partial charge on any atom is -0.454 e. The van der Waals surface area contributed by atoms with Crippen LogP contribution >= 0.6 is 30.3 Å². The largest absolute Gasteiger partial charge is 0.454 e. The van der Waals surface area contributed by atoms with Crippen LogP contribution in [0.5, 0.6) is 0 Å². The maximum absolute atomic E-state index is 12.7. The summed E-state index contributed by atoms with van der Waals surface area (Å²) in [6.45, 7) is 9.25. The van der Waals surface area contributed by atoms with Crippen molar-refractivity contribution < 1.29 is 52.4 Å². The van der Waals surface area contributed by atoms with Gasteiger partial charge in [0.2, 0.25) is 11.9 Å². The van der Waals surface area contributed by atoms with Crippen LogP contribution in [0.25, 0.3) is 20.7 Å². The van der Waals surface area contributed by atoms with Gasteiger partial charge in [0.25, 0.3) is 11.1 Å². The predicted molar refractivity (Wildman–Crippen MR) is 251 cm³/mol. The van der Waals surface area contributed by atoms with Crippen LogP contribution in [0, 0.1) is 11.8 Å². The number of thiazole rings is 2. The molecule has 0 radical (unpaired) electrons. The van der Waals surface area contributed by atoms with E-state index in [9.17, 15) is 38.4 Å². The number of ether oxygens (including phenoxy) is 4. The molecule has 2 saturated heterocycles. The number of aromatic amines is 2. The molecule has 68 heavy (non-hydrogen) atoms. The van der Waals surface area contributed by atoms with Crippen LogP contribution < -0.4 is 32.3 Å². The van der Waals surface area contributed by atoms with Crippen LogP contribution in [0.15, 0.2) is 79.8 Å². The summed E-state index contributed by atoms with van der Waals surface area (Å²) in [7, 11) is -3.14. The molecule has 23 nitrogen and oxygen atoms in total. The molecule has 2 aliphatic rings. The zero-order chi connectivity index (χ0) is 49.4. The highest BCUT2D eigenvalue weighted by Crippen LogP contribution is 2.46. The summed E-state index contributed by atoms with van der Waals surface area (Å²) in [5, 5.41) is 18.2. The summed E-state index contributed by atoms with van der Waals surface area (Å²) < 4.78 is 46.5. The number of hydrogen-bond donors (Lipinski definition) is 6. The topological polar surface area (TPSA) is 335 Å². The Morgan fingerprint density at radius 3 is 1.47 bits per heavy atom. The van der Waals surface area contributed by atoms with E-state index in [1.54, 1.807) is 81.4 Å². The lowest BCUT2D eigenvalue weighted by Gasteiger charge is -2.22. The number of hydrogen-bond acceptors (Lipinski definition) is 21. The molecule has 366 valence electrons. The van der Waals surface area contributed by atoms with Crippen LogP contribution in [-0.4, -0.2) is 102 Å². The van der Waals surface area contributed by atoms with Crippen molar-refractivity contribution in [1.82, 2.24) is 29.1 Å². The number of benzene rings is 2. The number of carbonyl (C=O) groups excluding carboxylic acids is 2. The number of nitrogens with two attached hydrogens (primary N) is 2. The Bertz CT molecular complexity index is 2800. The van der Waals surface area contributed by atoms with Gasteiger partial charge in [-0.3, -0.25) is 42.8 Å². The number of rotatable bonds is 13. The third-order valence-corrected chi connectivity index (χ3v) is 14.3. The number of nitrogen functional groups attached to an aromatic ring is 2. The Morgan fingerprint density at radius 1 is 0.706 bits per heavy atom. The van der Waals surface area contributed by atoms with Gasteiger partial charge in [-0.1, -0.05) is 79.8 Å². The number of nitrogens with zero attached hydrogens (tertiary/aromatic N) is 4. The van der Waals surface area contributed by atoms with Crippen LogP contribution in [0.2, 0.25) is 0 Å². The highest BCUT2D eigenvalue weighted by molar-refractivity contribution is 7.53. The maximum atomic E-state index is 12.7. The monoisotopic (exact) mass is 1000 g/mol. The highest BCUT2D eigenvalue weighted by Gasteiger charge is 2.48. The Morgan fingerprint density at radius 2 is 1.10 bits per heavy atom. The fourth-order valence-corrected chi connectivity index (χ4v) is 10.2. The fraction of sp³-hybridized carbons (Fsp3) is 0.429. The van der Waals surface area contributed by atoms with Gasteiger partial charge in [-0.25, -0.2) is 9.59 Å². The number of aliphatic hydroxyl groups is 2. The number of carbonyl (C=O) groups is 2. The predicted octanol–water partition coefficient (Wildman–Crippen LogP) is 3.58. The van der Waals surface area contributed by atoms with E-state index < -0.39 is 83.4 Å². The van der Waals surface area contributed by atoms with Crippen molar-refractivity contribution in [2.75, 3.05) is 37.6 Å². The number of nitrogens with one attached hydrogen (secondary N) is 2. The summed E-state index contributed by atoms with van der Waals surface area (Å²) in [6.07, 6.45) is -4.37. The van der Waals surface area contributed by atoms with Gasteiger partial charge < -0.3 is 49.7 Å². The van der Waals surface area contributed by atoms with Crippen molar-refractivity contribution >= 4 is 74.8 Å². The fourth-order valence-electron chi connectivity index (χ4n) is 7.51. The standard InChI is InChI=1S/C19H20N4O5S.C18H18N4O6S.C5H13O4P/c1-3-11-9(2)12(28-17(25)10-7-5-4-6-8-10)16(27-11)23-14-13(29-19(23)26)15(24)22-18(20)21-14;1-8-10(7-23)27-15(11(8)28-16(25)9-5-3-2-4-6-9)22-13-12(29-18(22)26)14(24)21-17(19)20-13;1-3-8-10(7,5-6)9-4-2/h4-9,11-12,16H,3H2,1-2H3,(H3,20,21,22,24);2-6,8,10-11,15,23H,7H2,1H3,(H3,19,20,21,24);6H,3-5H2,1-2H3/t9-,11-,12-,16-;8-,10-,11-,15-;/m11./s1. The third-order valence-electron chi connectivity index (χ3n) is 10.8. The Balaban J connectivity index is 0.000000187. The van der Waals surface area contributed by atoms with Crippen LogP contribution in [0.4, 0.5) is 11.9 Å². The molecule has 8 N–H and O–H groups in total. The molecule has 0 amide bonds.